The summed E-state index contributed by atoms with van der Waals surface area (Å²) in [5.74, 6) is 2.17. The fourth-order valence-corrected chi connectivity index (χ4v) is 4.17. The van der Waals surface area contributed by atoms with Gasteiger partial charge in [-0.05, 0) is 18.9 Å². The van der Waals surface area contributed by atoms with Crippen LogP contribution >= 0.6 is 11.5 Å². The first-order chi connectivity index (χ1) is 11.8. The van der Waals surface area contributed by atoms with E-state index in [0.29, 0.717) is 17.4 Å². The molecule has 1 aliphatic carbocycles. The molecular weight excluding hydrogens is 322 g/mol. The van der Waals surface area contributed by atoms with Crippen LogP contribution in [0.25, 0.3) is 0 Å². The van der Waals surface area contributed by atoms with E-state index in [2.05, 4.69) is 20.3 Å². The molecule has 1 saturated carbocycles. The third kappa shape index (κ3) is 3.20. The molecule has 0 unspecified atom stereocenters. The van der Waals surface area contributed by atoms with Crippen molar-refractivity contribution in [3.63, 3.8) is 0 Å². The number of ether oxygens (including phenoxy) is 1. The van der Waals surface area contributed by atoms with Gasteiger partial charge < -0.3 is 9.64 Å². The second kappa shape index (κ2) is 6.73. The van der Waals surface area contributed by atoms with E-state index in [0.717, 1.165) is 30.5 Å². The molecule has 0 amide bonds. The molecule has 0 spiro atoms. The first-order valence-electron chi connectivity index (χ1n) is 8.43. The quantitative estimate of drug-likeness (QED) is 0.850. The lowest BCUT2D eigenvalue weighted by atomic mass is 10.1. The number of pyridine rings is 1. The summed E-state index contributed by atoms with van der Waals surface area (Å²) in [6.45, 7) is 1.74. The molecule has 2 aromatic heterocycles. The van der Waals surface area contributed by atoms with Crippen LogP contribution in [0, 0.1) is 11.3 Å². The van der Waals surface area contributed by atoms with Crippen LogP contribution in [-0.4, -0.2) is 33.5 Å². The Balaban J connectivity index is 1.36. The third-order valence-corrected chi connectivity index (χ3v) is 5.51. The SMILES string of the molecule is N#Cc1ccc(O[C@H]2CCN(c3nc(C4CCCC4)ns3)C2)nc1. The molecule has 1 aliphatic heterocycles. The molecule has 2 aliphatic rings. The Hall–Kier alpha value is -2.20. The maximum Gasteiger partial charge on any atom is 0.213 e. The Bertz CT molecular complexity index is 732. The van der Waals surface area contributed by atoms with E-state index < -0.39 is 0 Å². The molecule has 3 heterocycles. The summed E-state index contributed by atoms with van der Waals surface area (Å²) < 4.78 is 10.5. The highest BCUT2D eigenvalue weighted by Crippen LogP contribution is 2.35. The molecule has 0 N–H and O–H groups in total. The number of rotatable bonds is 4. The number of hydrogen-bond acceptors (Lipinski definition) is 7. The first-order valence-corrected chi connectivity index (χ1v) is 9.20. The zero-order chi connectivity index (χ0) is 16.4. The summed E-state index contributed by atoms with van der Waals surface area (Å²) in [7, 11) is 0. The molecule has 124 valence electrons. The van der Waals surface area contributed by atoms with E-state index in [9.17, 15) is 0 Å². The number of aromatic nitrogens is 3. The van der Waals surface area contributed by atoms with Gasteiger partial charge in [-0.15, -0.1) is 0 Å². The maximum absolute atomic E-state index is 8.80. The highest BCUT2D eigenvalue weighted by Gasteiger charge is 2.28. The number of nitrogens with zero attached hydrogens (tertiary/aromatic N) is 5. The summed E-state index contributed by atoms with van der Waals surface area (Å²) in [5, 5.41) is 9.81. The van der Waals surface area contributed by atoms with Gasteiger partial charge >= 0.3 is 0 Å². The molecule has 4 rings (SSSR count). The summed E-state index contributed by atoms with van der Waals surface area (Å²) in [6.07, 6.45) is 7.65. The van der Waals surface area contributed by atoms with Crippen molar-refractivity contribution in [3.05, 3.63) is 29.7 Å². The van der Waals surface area contributed by atoms with Gasteiger partial charge in [0.2, 0.25) is 11.0 Å². The third-order valence-electron chi connectivity index (χ3n) is 4.72. The molecule has 7 heteroatoms. The van der Waals surface area contributed by atoms with Gasteiger partial charge in [0.1, 0.15) is 18.0 Å². The van der Waals surface area contributed by atoms with Crippen molar-refractivity contribution in [1.29, 1.82) is 5.26 Å². The van der Waals surface area contributed by atoms with E-state index in [1.807, 2.05) is 0 Å². The summed E-state index contributed by atoms with van der Waals surface area (Å²) >= 11 is 1.50. The minimum atomic E-state index is 0.101. The van der Waals surface area contributed by atoms with Crippen LogP contribution in [0.4, 0.5) is 5.13 Å². The van der Waals surface area contributed by atoms with E-state index >= 15 is 0 Å². The lowest BCUT2D eigenvalue weighted by Crippen LogP contribution is -2.24. The molecule has 0 aromatic carbocycles. The van der Waals surface area contributed by atoms with Gasteiger partial charge in [0, 0.05) is 42.7 Å². The lowest BCUT2D eigenvalue weighted by molar-refractivity contribution is 0.216. The molecule has 6 nitrogen and oxygen atoms in total. The van der Waals surface area contributed by atoms with Crippen molar-refractivity contribution >= 4 is 16.7 Å². The first kappa shape index (κ1) is 15.3. The molecule has 2 aromatic rings. The topological polar surface area (TPSA) is 74.9 Å². The summed E-state index contributed by atoms with van der Waals surface area (Å²) in [6, 6.07) is 5.55. The van der Waals surface area contributed by atoms with Gasteiger partial charge in [-0.2, -0.15) is 9.64 Å². The molecule has 1 atom stereocenters. The highest BCUT2D eigenvalue weighted by atomic mass is 32.1. The molecule has 24 heavy (non-hydrogen) atoms. The summed E-state index contributed by atoms with van der Waals surface area (Å²) in [5.41, 5.74) is 0.545. The Labute approximate surface area is 145 Å². The van der Waals surface area contributed by atoms with Crippen molar-refractivity contribution in [2.75, 3.05) is 18.0 Å². The molecule has 1 saturated heterocycles. The highest BCUT2D eigenvalue weighted by molar-refractivity contribution is 7.09. The van der Waals surface area contributed by atoms with Crippen LogP contribution in [-0.2, 0) is 0 Å². The molecular formula is C17H19N5OS. The normalized spacial score (nSPS) is 21.1. The van der Waals surface area contributed by atoms with Crippen LogP contribution in [0.15, 0.2) is 18.3 Å². The number of nitriles is 1. The second-order valence-corrected chi connectivity index (χ2v) is 7.12. The number of hydrogen-bond donors (Lipinski definition) is 0. The standard InChI is InChI=1S/C17H19N5OS/c18-9-12-5-6-15(19-10-12)23-14-7-8-22(11-14)17-20-16(21-24-17)13-3-1-2-4-13/h5-6,10,13-14H,1-4,7-8,11H2/t14-/m0/s1. The Morgan fingerprint density at radius 2 is 2.12 bits per heavy atom. The Morgan fingerprint density at radius 1 is 1.25 bits per heavy atom. The molecule has 0 radical (unpaired) electrons. The van der Waals surface area contributed by atoms with Crippen molar-refractivity contribution in [1.82, 2.24) is 14.3 Å². The predicted octanol–water partition coefficient (Wildman–Crippen LogP) is 3.12. The zero-order valence-corrected chi connectivity index (χ0v) is 14.2. The van der Waals surface area contributed by atoms with Gasteiger partial charge in [0.15, 0.2) is 0 Å². The molecule has 2 fully saturated rings. The number of anilines is 1. The smallest absolute Gasteiger partial charge is 0.213 e. The van der Waals surface area contributed by atoms with Crippen molar-refractivity contribution < 1.29 is 4.74 Å². The van der Waals surface area contributed by atoms with Gasteiger partial charge in [0.25, 0.3) is 0 Å². The van der Waals surface area contributed by atoms with E-state index in [-0.39, 0.29) is 6.10 Å². The van der Waals surface area contributed by atoms with Gasteiger partial charge in [-0.25, -0.2) is 9.97 Å². The van der Waals surface area contributed by atoms with E-state index in [1.54, 1.807) is 18.3 Å². The Morgan fingerprint density at radius 3 is 2.88 bits per heavy atom. The van der Waals surface area contributed by atoms with E-state index in [4.69, 9.17) is 15.0 Å². The molecule has 0 bridgehead atoms. The second-order valence-electron chi connectivity index (χ2n) is 6.39. The van der Waals surface area contributed by atoms with Crippen molar-refractivity contribution in [2.24, 2.45) is 0 Å². The monoisotopic (exact) mass is 341 g/mol. The van der Waals surface area contributed by atoms with Gasteiger partial charge in [0.05, 0.1) is 12.1 Å². The summed E-state index contributed by atoms with van der Waals surface area (Å²) in [4.78, 5) is 11.2. The average molecular weight is 341 g/mol. The van der Waals surface area contributed by atoms with E-state index in [1.165, 1.54) is 37.2 Å². The fourth-order valence-electron chi connectivity index (χ4n) is 3.39. The average Bonchev–Trinajstić information content (AvgIpc) is 3.36. The Kier molecular flexibility index (Phi) is 4.30. The van der Waals surface area contributed by atoms with Crippen molar-refractivity contribution in [2.45, 2.75) is 44.1 Å². The van der Waals surface area contributed by atoms with Gasteiger partial charge in [-0.1, -0.05) is 12.8 Å². The van der Waals surface area contributed by atoms with Crippen molar-refractivity contribution in [3.8, 4) is 11.9 Å². The predicted molar refractivity (Wildman–Crippen MR) is 91.3 cm³/mol. The zero-order valence-electron chi connectivity index (χ0n) is 13.4. The lowest BCUT2D eigenvalue weighted by Gasteiger charge is -2.15. The van der Waals surface area contributed by atoms with Crippen LogP contribution in [0.3, 0.4) is 0 Å². The minimum Gasteiger partial charge on any atom is -0.472 e. The fraction of sp³-hybridized carbons (Fsp3) is 0.529. The van der Waals surface area contributed by atoms with Crippen LogP contribution in [0.2, 0.25) is 0 Å². The largest absolute Gasteiger partial charge is 0.472 e. The van der Waals surface area contributed by atoms with Crippen LogP contribution in [0.5, 0.6) is 5.88 Å². The van der Waals surface area contributed by atoms with Crippen LogP contribution < -0.4 is 9.64 Å². The maximum atomic E-state index is 8.80. The minimum absolute atomic E-state index is 0.101. The van der Waals surface area contributed by atoms with Gasteiger partial charge in [-0.3, -0.25) is 0 Å². The van der Waals surface area contributed by atoms with Crippen LogP contribution in [0.1, 0.15) is 49.4 Å².